The van der Waals surface area contributed by atoms with Crippen molar-refractivity contribution in [1.29, 1.82) is 0 Å². The first-order chi connectivity index (χ1) is 16.0. The van der Waals surface area contributed by atoms with Gasteiger partial charge < -0.3 is 9.80 Å². The number of urea groups is 1. The zero-order valence-corrected chi connectivity index (χ0v) is 19.8. The standard InChI is InChI=1S/C24H26N6O2S/c1-15(31)29-10-8-18(9-11-29)30-23-17(14-28(2)24(30)32)13-25-20-6-5-19(27-22(20)23)16-4-7-21(33-3)26-12-16/h4-7,12-13,18H,8-11,14H2,1-3H3. The van der Waals surface area contributed by atoms with Gasteiger partial charge in [-0.05, 0) is 43.4 Å². The number of piperidine rings is 1. The minimum Gasteiger partial charge on any atom is -0.343 e. The highest BCUT2D eigenvalue weighted by Gasteiger charge is 2.37. The Morgan fingerprint density at radius 2 is 1.88 bits per heavy atom. The van der Waals surface area contributed by atoms with Crippen LogP contribution in [-0.2, 0) is 11.3 Å². The van der Waals surface area contributed by atoms with Gasteiger partial charge in [0.05, 0.1) is 28.5 Å². The van der Waals surface area contributed by atoms with Crippen molar-refractivity contribution in [3.63, 3.8) is 0 Å². The molecule has 0 aliphatic carbocycles. The van der Waals surface area contributed by atoms with Gasteiger partial charge in [-0.3, -0.25) is 14.7 Å². The molecule has 3 amide bonds. The molecule has 0 bridgehead atoms. The number of hydrogen-bond acceptors (Lipinski definition) is 6. The van der Waals surface area contributed by atoms with Gasteiger partial charge in [0.1, 0.15) is 5.52 Å². The number of rotatable bonds is 3. The first kappa shape index (κ1) is 21.6. The van der Waals surface area contributed by atoms with E-state index in [1.165, 1.54) is 0 Å². The maximum Gasteiger partial charge on any atom is 0.324 e. The van der Waals surface area contributed by atoms with E-state index >= 15 is 0 Å². The van der Waals surface area contributed by atoms with E-state index in [-0.39, 0.29) is 18.0 Å². The Kier molecular flexibility index (Phi) is 5.65. The Morgan fingerprint density at radius 3 is 2.55 bits per heavy atom. The molecule has 9 heteroatoms. The van der Waals surface area contributed by atoms with Crippen LogP contribution in [0.3, 0.4) is 0 Å². The SMILES string of the molecule is CSc1ccc(-c2ccc3ncc4c(c3n2)N(C2CCN(C(C)=O)CC2)C(=O)N(C)C4)cn1. The maximum absolute atomic E-state index is 13.4. The number of pyridine rings is 3. The van der Waals surface area contributed by atoms with E-state index in [1.54, 1.807) is 23.6 Å². The van der Waals surface area contributed by atoms with Gasteiger partial charge in [-0.25, -0.2) is 14.8 Å². The van der Waals surface area contributed by atoms with Crippen LogP contribution in [0.5, 0.6) is 0 Å². The molecule has 5 heterocycles. The van der Waals surface area contributed by atoms with Crippen molar-refractivity contribution in [1.82, 2.24) is 24.8 Å². The van der Waals surface area contributed by atoms with Crippen LogP contribution in [0.1, 0.15) is 25.3 Å². The first-order valence-corrected chi connectivity index (χ1v) is 12.3. The molecule has 5 rings (SSSR count). The summed E-state index contributed by atoms with van der Waals surface area (Å²) in [6, 6.07) is 7.88. The van der Waals surface area contributed by atoms with Gasteiger partial charge in [0, 0.05) is 56.6 Å². The summed E-state index contributed by atoms with van der Waals surface area (Å²) >= 11 is 1.60. The number of carbonyl (C=O) groups excluding carboxylic acids is 2. The minimum atomic E-state index is -0.0329. The molecule has 0 unspecified atom stereocenters. The molecule has 0 spiro atoms. The fourth-order valence-electron chi connectivity index (χ4n) is 4.67. The fraction of sp³-hybridized carbons (Fsp3) is 0.375. The molecule has 0 aromatic carbocycles. The van der Waals surface area contributed by atoms with Crippen LogP contribution in [0.4, 0.5) is 10.5 Å². The highest BCUT2D eigenvalue weighted by atomic mass is 32.2. The molecule has 8 nitrogen and oxygen atoms in total. The smallest absolute Gasteiger partial charge is 0.324 e. The Labute approximate surface area is 197 Å². The molecular formula is C24H26N6O2S. The number of likely N-dealkylation sites (tertiary alicyclic amines) is 1. The summed E-state index contributed by atoms with van der Waals surface area (Å²) in [6.07, 6.45) is 7.16. The average Bonchev–Trinajstić information content (AvgIpc) is 2.84. The number of nitrogens with zero attached hydrogens (tertiary/aromatic N) is 6. The lowest BCUT2D eigenvalue weighted by Crippen LogP contribution is -2.54. The van der Waals surface area contributed by atoms with Crippen molar-refractivity contribution in [2.75, 3.05) is 31.3 Å². The van der Waals surface area contributed by atoms with E-state index in [4.69, 9.17) is 4.98 Å². The van der Waals surface area contributed by atoms with Crippen LogP contribution >= 0.6 is 11.8 Å². The minimum absolute atomic E-state index is 0.00758. The molecule has 33 heavy (non-hydrogen) atoms. The lowest BCUT2D eigenvalue weighted by atomic mass is 9.99. The number of hydrogen-bond donors (Lipinski definition) is 0. The second-order valence-corrected chi connectivity index (χ2v) is 9.36. The Morgan fingerprint density at radius 1 is 1.09 bits per heavy atom. The van der Waals surface area contributed by atoms with Crippen molar-refractivity contribution >= 4 is 40.4 Å². The molecule has 170 valence electrons. The summed E-state index contributed by atoms with van der Waals surface area (Å²) in [5, 5.41) is 0.954. The molecule has 1 saturated heterocycles. The van der Waals surface area contributed by atoms with E-state index in [0.717, 1.165) is 51.4 Å². The number of fused-ring (bicyclic) bond motifs is 3. The number of amides is 3. The van der Waals surface area contributed by atoms with Crippen molar-refractivity contribution in [3.8, 4) is 11.3 Å². The average molecular weight is 463 g/mol. The third-order valence-electron chi connectivity index (χ3n) is 6.46. The van der Waals surface area contributed by atoms with Crippen molar-refractivity contribution in [2.45, 2.75) is 37.4 Å². The fourth-order valence-corrected chi connectivity index (χ4v) is 5.03. The second-order valence-electron chi connectivity index (χ2n) is 8.53. The van der Waals surface area contributed by atoms with Gasteiger partial charge in [-0.2, -0.15) is 0 Å². The normalized spacial score (nSPS) is 16.9. The van der Waals surface area contributed by atoms with E-state index in [1.807, 2.05) is 59.8 Å². The highest BCUT2D eigenvalue weighted by molar-refractivity contribution is 7.98. The number of aromatic nitrogens is 3. The van der Waals surface area contributed by atoms with Gasteiger partial charge in [0.25, 0.3) is 0 Å². The van der Waals surface area contributed by atoms with Gasteiger partial charge in [-0.1, -0.05) is 0 Å². The maximum atomic E-state index is 13.4. The van der Waals surface area contributed by atoms with E-state index in [0.29, 0.717) is 19.6 Å². The van der Waals surface area contributed by atoms with Crippen LogP contribution < -0.4 is 4.90 Å². The van der Waals surface area contributed by atoms with Gasteiger partial charge >= 0.3 is 6.03 Å². The summed E-state index contributed by atoms with van der Waals surface area (Å²) in [5.41, 5.74) is 5.05. The lowest BCUT2D eigenvalue weighted by molar-refractivity contribution is -0.129. The topological polar surface area (TPSA) is 82.5 Å². The monoisotopic (exact) mass is 462 g/mol. The first-order valence-electron chi connectivity index (χ1n) is 11.0. The van der Waals surface area contributed by atoms with E-state index in [2.05, 4.69) is 9.97 Å². The summed E-state index contributed by atoms with van der Waals surface area (Å²) in [7, 11) is 1.82. The van der Waals surface area contributed by atoms with Crippen molar-refractivity contribution < 1.29 is 9.59 Å². The predicted octanol–water partition coefficient (Wildman–Crippen LogP) is 3.80. The Balaban J connectivity index is 1.59. The molecule has 3 aromatic heterocycles. The highest BCUT2D eigenvalue weighted by Crippen LogP contribution is 2.37. The molecule has 2 aliphatic heterocycles. The van der Waals surface area contributed by atoms with Gasteiger partial charge in [0.15, 0.2) is 0 Å². The summed E-state index contributed by atoms with van der Waals surface area (Å²) in [6.45, 7) is 3.40. The van der Waals surface area contributed by atoms with Crippen LogP contribution in [0.15, 0.2) is 41.7 Å². The second kappa shape index (κ2) is 8.62. The quantitative estimate of drug-likeness (QED) is 0.551. The Bertz CT molecular complexity index is 1220. The zero-order valence-electron chi connectivity index (χ0n) is 19.0. The molecule has 0 N–H and O–H groups in total. The molecular weight excluding hydrogens is 436 g/mol. The summed E-state index contributed by atoms with van der Waals surface area (Å²) in [5.74, 6) is 0.0815. The van der Waals surface area contributed by atoms with Gasteiger partial charge in [-0.15, -0.1) is 11.8 Å². The predicted molar refractivity (Wildman–Crippen MR) is 129 cm³/mol. The molecule has 2 aliphatic rings. The third-order valence-corrected chi connectivity index (χ3v) is 7.12. The molecule has 0 atom stereocenters. The summed E-state index contributed by atoms with van der Waals surface area (Å²) in [4.78, 5) is 44.7. The van der Waals surface area contributed by atoms with Crippen LogP contribution in [0, 0.1) is 0 Å². The van der Waals surface area contributed by atoms with E-state index < -0.39 is 0 Å². The Hall–Kier alpha value is -3.20. The molecule has 1 fully saturated rings. The molecule has 0 radical (unpaired) electrons. The largest absolute Gasteiger partial charge is 0.343 e. The van der Waals surface area contributed by atoms with Crippen LogP contribution in [-0.4, -0.2) is 69.1 Å². The lowest BCUT2D eigenvalue weighted by Gasteiger charge is -2.43. The third kappa shape index (κ3) is 3.90. The van der Waals surface area contributed by atoms with Gasteiger partial charge in [0.2, 0.25) is 5.91 Å². The van der Waals surface area contributed by atoms with E-state index in [9.17, 15) is 9.59 Å². The van der Waals surface area contributed by atoms with Crippen LogP contribution in [0.25, 0.3) is 22.3 Å². The van der Waals surface area contributed by atoms with Crippen molar-refractivity contribution in [2.24, 2.45) is 0 Å². The van der Waals surface area contributed by atoms with Crippen LogP contribution in [0.2, 0.25) is 0 Å². The molecule has 3 aromatic rings. The van der Waals surface area contributed by atoms with Crippen molar-refractivity contribution in [3.05, 3.63) is 42.2 Å². The number of carbonyl (C=O) groups is 2. The number of anilines is 1. The zero-order chi connectivity index (χ0) is 23.1. The summed E-state index contributed by atoms with van der Waals surface area (Å²) < 4.78 is 0. The number of thioether (sulfide) groups is 1. The molecule has 0 saturated carbocycles.